The Bertz CT molecular complexity index is 900. The third-order valence-corrected chi connectivity index (χ3v) is 6.68. The first kappa shape index (κ1) is 17.0. The van der Waals surface area contributed by atoms with Crippen molar-refractivity contribution >= 4 is 10.0 Å². The van der Waals surface area contributed by atoms with E-state index in [1.165, 1.54) is 11.4 Å². The summed E-state index contributed by atoms with van der Waals surface area (Å²) in [7, 11) is -0.265. The Morgan fingerprint density at radius 3 is 2.50 bits per heavy atom. The molecule has 3 rings (SSSR count). The number of hydrogen-bond donors (Lipinski definition) is 0. The highest BCUT2D eigenvalue weighted by molar-refractivity contribution is 7.89. The van der Waals surface area contributed by atoms with Crippen molar-refractivity contribution in [3.63, 3.8) is 0 Å². The van der Waals surface area contributed by atoms with Crippen molar-refractivity contribution < 1.29 is 13.2 Å². The number of fused-ring (bicyclic) bond motifs is 1. The Hall–Kier alpha value is -1.86. The normalized spacial score (nSPS) is 15.4. The van der Waals surface area contributed by atoms with Crippen LogP contribution >= 0.6 is 0 Å². The number of nitrogens with zero attached hydrogens (tertiary/aromatic N) is 3. The van der Waals surface area contributed by atoms with E-state index in [9.17, 15) is 8.42 Å². The summed E-state index contributed by atoms with van der Waals surface area (Å²) in [6.07, 6.45) is 0.682. The van der Waals surface area contributed by atoms with Crippen LogP contribution in [0.4, 0.5) is 0 Å². The summed E-state index contributed by atoms with van der Waals surface area (Å²) in [4.78, 5) is 0.232. The lowest BCUT2D eigenvalue weighted by atomic mass is 10.1. The largest absolute Gasteiger partial charge is 0.495 e. The Balaban J connectivity index is 2.04. The Labute approximate surface area is 143 Å². The quantitative estimate of drug-likeness (QED) is 0.851. The molecule has 130 valence electrons. The number of ether oxygens (including phenoxy) is 1. The van der Waals surface area contributed by atoms with Crippen LogP contribution in [0.15, 0.2) is 17.0 Å². The van der Waals surface area contributed by atoms with E-state index in [0.717, 1.165) is 28.1 Å². The van der Waals surface area contributed by atoms with Gasteiger partial charge in [0.2, 0.25) is 10.0 Å². The van der Waals surface area contributed by atoms with Gasteiger partial charge in [-0.2, -0.15) is 9.40 Å². The second-order valence-corrected chi connectivity index (χ2v) is 8.22. The molecule has 0 saturated heterocycles. The van der Waals surface area contributed by atoms with E-state index in [-0.39, 0.29) is 4.90 Å². The van der Waals surface area contributed by atoms with Crippen molar-refractivity contribution in [1.29, 1.82) is 0 Å². The van der Waals surface area contributed by atoms with E-state index in [4.69, 9.17) is 4.74 Å². The van der Waals surface area contributed by atoms with Crippen LogP contribution in [-0.4, -0.2) is 36.2 Å². The van der Waals surface area contributed by atoms with Crippen molar-refractivity contribution in [2.75, 3.05) is 13.7 Å². The molecule has 0 amide bonds. The third-order valence-electron chi connectivity index (χ3n) is 4.81. The molecule has 7 heteroatoms. The predicted molar refractivity (Wildman–Crippen MR) is 91.7 cm³/mol. The molecule has 1 aliphatic heterocycles. The second kappa shape index (κ2) is 5.89. The van der Waals surface area contributed by atoms with E-state index in [1.54, 1.807) is 16.8 Å². The van der Waals surface area contributed by atoms with Crippen molar-refractivity contribution in [2.45, 2.75) is 38.6 Å². The number of benzene rings is 1. The first-order chi connectivity index (χ1) is 11.3. The summed E-state index contributed by atoms with van der Waals surface area (Å²) in [5.41, 5.74) is 5.05. The minimum Gasteiger partial charge on any atom is -0.495 e. The van der Waals surface area contributed by atoms with Crippen LogP contribution in [0, 0.1) is 20.8 Å². The molecule has 0 fully saturated rings. The zero-order valence-electron chi connectivity index (χ0n) is 14.8. The van der Waals surface area contributed by atoms with Gasteiger partial charge in [0.05, 0.1) is 25.0 Å². The molecule has 0 aliphatic carbocycles. The predicted octanol–water partition coefficient (Wildman–Crippen LogP) is 2.10. The number of methoxy groups -OCH3 is 1. The van der Waals surface area contributed by atoms with Gasteiger partial charge >= 0.3 is 0 Å². The molecule has 0 N–H and O–H groups in total. The Kier molecular flexibility index (Phi) is 4.17. The maximum Gasteiger partial charge on any atom is 0.247 e. The van der Waals surface area contributed by atoms with Gasteiger partial charge in [-0.3, -0.25) is 4.68 Å². The SMILES string of the molecule is COc1cc(C)c(C)cc1S(=O)(=O)N1CCc2c(C)nn(C)c2C1. The van der Waals surface area contributed by atoms with Gasteiger partial charge < -0.3 is 4.74 Å². The van der Waals surface area contributed by atoms with Gasteiger partial charge in [-0.05, 0) is 56.0 Å². The molecule has 0 saturated carbocycles. The fourth-order valence-corrected chi connectivity index (χ4v) is 4.85. The molecule has 0 unspecified atom stereocenters. The molecule has 1 aliphatic rings. The minimum absolute atomic E-state index is 0.232. The summed E-state index contributed by atoms with van der Waals surface area (Å²) in [5.74, 6) is 0.394. The van der Waals surface area contributed by atoms with Crippen molar-refractivity contribution in [3.05, 3.63) is 40.2 Å². The van der Waals surface area contributed by atoms with Gasteiger partial charge in [0, 0.05) is 13.6 Å². The topological polar surface area (TPSA) is 64.4 Å². The molecule has 0 atom stereocenters. The summed E-state index contributed by atoms with van der Waals surface area (Å²) in [5, 5.41) is 4.41. The zero-order valence-corrected chi connectivity index (χ0v) is 15.6. The van der Waals surface area contributed by atoms with Crippen LogP contribution < -0.4 is 4.74 Å². The first-order valence-electron chi connectivity index (χ1n) is 7.92. The average molecular weight is 349 g/mol. The molecule has 1 aromatic heterocycles. The van der Waals surface area contributed by atoms with Gasteiger partial charge in [0.15, 0.2) is 0 Å². The smallest absolute Gasteiger partial charge is 0.247 e. The molecule has 6 nitrogen and oxygen atoms in total. The molecule has 2 heterocycles. The maximum atomic E-state index is 13.2. The summed E-state index contributed by atoms with van der Waals surface area (Å²) >= 11 is 0. The van der Waals surface area contributed by atoms with Crippen LogP contribution in [0.2, 0.25) is 0 Å². The van der Waals surface area contributed by atoms with Crippen LogP contribution in [0.5, 0.6) is 5.75 Å². The molecule has 0 radical (unpaired) electrons. The summed E-state index contributed by atoms with van der Waals surface area (Å²) in [6, 6.07) is 3.49. The number of aromatic nitrogens is 2. The van der Waals surface area contributed by atoms with Gasteiger partial charge in [-0.1, -0.05) is 0 Å². The van der Waals surface area contributed by atoms with E-state index >= 15 is 0 Å². The molecule has 1 aromatic carbocycles. The van der Waals surface area contributed by atoms with Gasteiger partial charge in [0.1, 0.15) is 10.6 Å². The first-order valence-corrected chi connectivity index (χ1v) is 9.36. The van der Waals surface area contributed by atoms with Crippen molar-refractivity contribution in [2.24, 2.45) is 7.05 Å². The fourth-order valence-electron chi connectivity index (χ4n) is 3.22. The van der Waals surface area contributed by atoms with Crippen LogP contribution in [0.3, 0.4) is 0 Å². The highest BCUT2D eigenvalue weighted by Gasteiger charge is 2.33. The van der Waals surface area contributed by atoms with Gasteiger partial charge in [-0.25, -0.2) is 8.42 Å². The number of aryl methyl sites for hydroxylation is 4. The van der Waals surface area contributed by atoms with E-state index in [0.29, 0.717) is 25.3 Å². The molecular formula is C17H23N3O3S. The van der Waals surface area contributed by atoms with Gasteiger partial charge in [-0.15, -0.1) is 0 Å². The summed E-state index contributed by atoms with van der Waals surface area (Å²) in [6.45, 7) is 6.62. The lowest BCUT2D eigenvalue weighted by Gasteiger charge is -2.27. The standard InChI is InChI=1S/C17H23N3O3S/c1-11-8-16(23-5)17(9-12(11)2)24(21,22)20-7-6-14-13(3)18-19(4)15(14)10-20/h8-9H,6-7,10H2,1-5H3. The zero-order chi connectivity index (χ0) is 17.6. The fraction of sp³-hybridized carbons (Fsp3) is 0.471. The highest BCUT2D eigenvalue weighted by atomic mass is 32.2. The molecule has 2 aromatic rings. The lowest BCUT2D eigenvalue weighted by molar-refractivity contribution is 0.369. The number of rotatable bonds is 3. The average Bonchev–Trinajstić information content (AvgIpc) is 2.83. The Morgan fingerprint density at radius 1 is 1.17 bits per heavy atom. The van der Waals surface area contributed by atoms with Gasteiger partial charge in [0.25, 0.3) is 0 Å². The molecule has 0 spiro atoms. The highest BCUT2D eigenvalue weighted by Crippen LogP contribution is 2.32. The summed E-state index contributed by atoms with van der Waals surface area (Å²) < 4.78 is 35.0. The maximum absolute atomic E-state index is 13.2. The number of hydrogen-bond acceptors (Lipinski definition) is 4. The number of sulfonamides is 1. The van der Waals surface area contributed by atoms with Crippen LogP contribution in [0.1, 0.15) is 28.1 Å². The van der Waals surface area contributed by atoms with E-state index < -0.39 is 10.0 Å². The van der Waals surface area contributed by atoms with Crippen molar-refractivity contribution in [3.8, 4) is 5.75 Å². The monoisotopic (exact) mass is 349 g/mol. The van der Waals surface area contributed by atoms with Crippen molar-refractivity contribution in [1.82, 2.24) is 14.1 Å². The molecule has 0 bridgehead atoms. The van der Waals surface area contributed by atoms with E-state index in [1.807, 2.05) is 27.8 Å². The molecular weight excluding hydrogens is 326 g/mol. The third kappa shape index (κ3) is 2.61. The molecule has 24 heavy (non-hydrogen) atoms. The lowest BCUT2D eigenvalue weighted by Crippen LogP contribution is -2.36. The van der Waals surface area contributed by atoms with E-state index in [2.05, 4.69) is 5.10 Å². The van der Waals surface area contributed by atoms with Crippen LogP contribution in [-0.2, 0) is 30.0 Å². The Morgan fingerprint density at radius 2 is 1.83 bits per heavy atom. The van der Waals surface area contributed by atoms with Crippen LogP contribution in [0.25, 0.3) is 0 Å². The minimum atomic E-state index is -3.63. The second-order valence-electron chi connectivity index (χ2n) is 6.31.